The fourth-order valence-electron chi connectivity index (χ4n) is 2.06. The van der Waals surface area contributed by atoms with Crippen LogP contribution >= 0.6 is 0 Å². The molecule has 0 saturated carbocycles. The Morgan fingerprint density at radius 2 is 2.06 bits per heavy atom. The maximum atomic E-state index is 12.2. The van der Waals surface area contributed by atoms with E-state index in [0.29, 0.717) is 19.6 Å². The lowest BCUT2D eigenvalue weighted by Crippen LogP contribution is -2.50. The minimum Gasteiger partial charge on any atom is -0.375 e. The lowest BCUT2D eigenvalue weighted by molar-refractivity contribution is -0.0170. The number of ether oxygens (including phenoxy) is 1. The molecular weight excluding hydrogens is 252 g/mol. The van der Waals surface area contributed by atoms with Gasteiger partial charge in [0.15, 0.2) is 0 Å². The van der Waals surface area contributed by atoms with Crippen molar-refractivity contribution in [2.24, 2.45) is 0 Å². The second-order valence-corrected chi connectivity index (χ2v) is 7.02. The van der Waals surface area contributed by atoms with Gasteiger partial charge in [-0.1, -0.05) is 6.92 Å². The molecule has 0 aliphatic carbocycles. The van der Waals surface area contributed by atoms with E-state index in [0.717, 1.165) is 19.5 Å². The van der Waals surface area contributed by atoms with Crippen LogP contribution in [0, 0.1) is 0 Å². The first-order chi connectivity index (χ1) is 8.47. The molecule has 1 aliphatic rings. The van der Waals surface area contributed by atoms with Crippen molar-refractivity contribution in [1.29, 1.82) is 0 Å². The van der Waals surface area contributed by atoms with E-state index in [1.807, 2.05) is 13.8 Å². The van der Waals surface area contributed by atoms with Crippen molar-refractivity contribution in [3.63, 3.8) is 0 Å². The topological polar surface area (TPSA) is 58.6 Å². The smallest absolute Gasteiger partial charge is 0.214 e. The van der Waals surface area contributed by atoms with Crippen molar-refractivity contribution in [1.82, 2.24) is 9.62 Å². The van der Waals surface area contributed by atoms with Crippen molar-refractivity contribution in [3.05, 3.63) is 0 Å². The molecule has 18 heavy (non-hydrogen) atoms. The summed E-state index contributed by atoms with van der Waals surface area (Å²) in [5.74, 6) is 0.223. The van der Waals surface area contributed by atoms with Crippen LogP contribution < -0.4 is 5.32 Å². The fourth-order valence-corrected chi connectivity index (χ4v) is 3.85. The third-order valence-corrected chi connectivity index (χ3v) is 5.12. The predicted octanol–water partition coefficient (Wildman–Crippen LogP) is 0.815. The standard InChI is InChI=1S/C12H26N2O3S/c1-4-6-13-7-5-8-18(15,16)14-9-12(3)17-10-11(14)2/h11-13H,4-10H2,1-3H3. The van der Waals surface area contributed by atoms with Gasteiger partial charge in [-0.25, -0.2) is 8.42 Å². The van der Waals surface area contributed by atoms with Crippen LogP contribution in [0.4, 0.5) is 0 Å². The molecule has 0 bridgehead atoms. The van der Waals surface area contributed by atoms with Crippen LogP contribution in [-0.4, -0.2) is 56.9 Å². The van der Waals surface area contributed by atoms with Crippen molar-refractivity contribution in [3.8, 4) is 0 Å². The molecule has 0 amide bonds. The maximum absolute atomic E-state index is 12.2. The molecule has 1 rings (SSSR count). The van der Waals surface area contributed by atoms with Gasteiger partial charge in [-0.2, -0.15) is 4.31 Å². The van der Waals surface area contributed by atoms with E-state index in [1.54, 1.807) is 4.31 Å². The molecule has 6 heteroatoms. The normalized spacial score (nSPS) is 26.4. The molecule has 0 spiro atoms. The Kier molecular flexibility index (Phi) is 6.55. The third kappa shape index (κ3) is 4.84. The van der Waals surface area contributed by atoms with Gasteiger partial charge >= 0.3 is 0 Å². The van der Waals surface area contributed by atoms with Gasteiger partial charge in [0.2, 0.25) is 10.0 Å². The summed E-state index contributed by atoms with van der Waals surface area (Å²) in [6.45, 7) is 8.60. The van der Waals surface area contributed by atoms with Crippen molar-refractivity contribution in [2.45, 2.75) is 45.8 Å². The van der Waals surface area contributed by atoms with Crippen molar-refractivity contribution in [2.75, 3.05) is 32.0 Å². The lowest BCUT2D eigenvalue weighted by Gasteiger charge is -2.35. The minimum atomic E-state index is -3.14. The van der Waals surface area contributed by atoms with Crippen LogP contribution in [0.3, 0.4) is 0 Å². The number of rotatable bonds is 7. The Hall–Kier alpha value is -0.170. The van der Waals surface area contributed by atoms with Crippen molar-refractivity contribution < 1.29 is 13.2 Å². The van der Waals surface area contributed by atoms with Crippen LogP contribution in [0.25, 0.3) is 0 Å². The first kappa shape index (κ1) is 15.9. The van der Waals surface area contributed by atoms with E-state index in [4.69, 9.17) is 4.74 Å². The van der Waals surface area contributed by atoms with E-state index >= 15 is 0 Å². The maximum Gasteiger partial charge on any atom is 0.214 e. The lowest BCUT2D eigenvalue weighted by atomic mass is 10.2. The number of morpholine rings is 1. The molecule has 2 unspecified atom stereocenters. The molecule has 108 valence electrons. The van der Waals surface area contributed by atoms with Crippen LogP contribution in [0.1, 0.15) is 33.6 Å². The van der Waals surface area contributed by atoms with E-state index in [9.17, 15) is 8.42 Å². The Labute approximate surface area is 111 Å². The fraction of sp³-hybridized carbons (Fsp3) is 1.00. The Morgan fingerprint density at radius 3 is 2.72 bits per heavy atom. The van der Waals surface area contributed by atoms with Gasteiger partial charge in [0, 0.05) is 12.6 Å². The summed E-state index contributed by atoms with van der Waals surface area (Å²) >= 11 is 0. The number of hydrogen-bond acceptors (Lipinski definition) is 4. The van der Waals surface area contributed by atoms with E-state index in [2.05, 4.69) is 12.2 Å². The van der Waals surface area contributed by atoms with Crippen LogP contribution in [0.15, 0.2) is 0 Å². The number of sulfonamides is 1. The number of hydrogen-bond donors (Lipinski definition) is 1. The molecule has 1 saturated heterocycles. The quantitative estimate of drug-likeness (QED) is 0.700. The largest absolute Gasteiger partial charge is 0.375 e. The average Bonchev–Trinajstić information content (AvgIpc) is 2.32. The molecule has 1 heterocycles. The molecule has 0 aromatic rings. The molecule has 1 aliphatic heterocycles. The Bertz CT molecular complexity index is 332. The van der Waals surface area contributed by atoms with Gasteiger partial charge in [-0.15, -0.1) is 0 Å². The SMILES string of the molecule is CCCNCCCS(=O)(=O)N1CC(C)OCC1C. The van der Waals surface area contributed by atoms with Gasteiger partial charge in [0.05, 0.1) is 18.5 Å². The van der Waals surface area contributed by atoms with Gasteiger partial charge in [0.25, 0.3) is 0 Å². The van der Waals surface area contributed by atoms with Gasteiger partial charge in [0.1, 0.15) is 0 Å². The highest BCUT2D eigenvalue weighted by Crippen LogP contribution is 2.16. The van der Waals surface area contributed by atoms with Gasteiger partial charge in [-0.3, -0.25) is 0 Å². The van der Waals surface area contributed by atoms with Crippen LogP contribution in [0.2, 0.25) is 0 Å². The molecule has 0 radical (unpaired) electrons. The highest BCUT2D eigenvalue weighted by atomic mass is 32.2. The zero-order valence-corrected chi connectivity index (χ0v) is 12.5. The summed E-state index contributed by atoms with van der Waals surface area (Å²) in [4.78, 5) is 0. The summed E-state index contributed by atoms with van der Waals surface area (Å²) in [6.07, 6.45) is 1.74. The summed E-state index contributed by atoms with van der Waals surface area (Å²) < 4.78 is 31.5. The highest BCUT2D eigenvalue weighted by Gasteiger charge is 2.32. The molecule has 0 aromatic heterocycles. The summed E-state index contributed by atoms with van der Waals surface area (Å²) in [5.41, 5.74) is 0. The predicted molar refractivity (Wildman–Crippen MR) is 73.1 cm³/mol. The highest BCUT2D eigenvalue weighted by molar-refractivity contribution is 7.89. The summed E-state index contributed by atoms with van der Waals surface area (Å²) in [5, 5.41) is 3.22. The van der Waals surface area contributed by atoms with Gasteiger partial charge in [-0.05, 0) is 39.8 Å². The van der Waals surface area contributed by atoms with E-state index in [1.165, 1.54) is 0 Å². The molecular formula is C12H26N2O3S. The van der Waals surface area contributed by atoms with E-state index < -0.39 is 10.0 Å². The zero-order chi connectivity index (χ0) is 13.6. The van der Waals surface area contributed by atoms with Crippen LogP contribution in [0.5, 0.6) is 0 Å². The molecule has 0 aromatic carbocycles. The molecule has 2 atom stereocenters. The minimum absolute atomic E-state index is 0.00538. The summed E-state index contributed by atoms with van der Waals surface area (Å²) in [7, 11) is -3.14. The first-order valence-electron chi connectivity index (χ1n) is 6.79. The Balaban J connectivity index is 2.41. The number of nitrogens with zero attached hydrogens (tertiary/aromatic N) is 1. The average molecular weight is 278 g/mol. The molecule has 1 fully saturated rings. The zero-order valence-electron chi connectivity index (χ0n) is 11.7. The Morgan fingerprint density at radius 1 is 1.33 bits per heavy atom. The van der Waals surface area contributed by atoms with Crippen LogP contribution in [-0.2, 0) is 14.8 Å². The second kappa shape index (κ2) is 7.43. The monoisotopic (exact) mass is 278 g/mol. The van der Waals surface area contributed by atoms with Gasteiger partial charge < -0.3 is 10.1 Å². The van der Waals surface area contributed by atoms with E-state index in [-0.39, 0.29) is 17.9 Å². The summed E-state index contributed by atoms with van der Waals surface area (Å²) in [6, 6.07) is -0.0465. The first-order valence-corrected chi connectivity index (χ1v) is 8.40. The molecule has 5 nitrogen and oxygen atoms in total. The number of nitrogens with one attached hydrogen (secondary N) is 1. The molecule has 1 N–H and O–H groups in total. The second-order valence-electron chi connectivity index (χ2n) is 4.98. The third-order valence-electron chi connectivity index (χ3n) is 3.09. The van der Waals surface area contributed by atoms with Crippen molar-refractivity contribution >= 4 is 10.0 Å².